The van der Waals surface area contributed by atoms with Gasteiger partial charge in [-0.3, -0.25) is 4.79 Å². The van der Waals surface area contributed by atoms with E-state index in [1.165, 1.54) is 17.8 Å². The lowest BCUT2D eigenvalue weighted by Gasteiger charge is -2.16. The van der Waals surface area contributed by atoms with E-state index in [1.807, 2.05) is 0 Å². The number of ether oxygens (including phenoxy) is 1. The van der Waals surface area contributed by atoms with Crippen LogP contribution in [0.3, 0.4) is 0 Å². The van der Waals surface area contributed by atoms with Crippen LogP contribution in [0.1, 0.15) is 12.8 Å². The highest BCUT2D eigenvalue weighted by atomic mass is 32.2. The van der Waals surface area contributed by atoms with Crippen molar-refractivity contribution in [1.29, 1.82) is 5.26 Å². The standard InChI is InChI=1S/C15H17FN2O2S/c16-12-3-1-2-4-14(12)21-8-6-15(19)18-13(9-17)11-5-7-20-10-11/h1-4,11,13H,5-8,10H2,(H,18,19)/t11-,13+/m1/s1. The third-order valence-electron chi connectivity index (χ3n) is 3.32. The summed E-state index contributed by atoms with van der Waals surface area (Å²) in [5, 5.41) is 11.8. The Hall–Kier alpha value is -1.58. The van der Waals surface area contributed by atoms with Crippen molar-refractivity contribution in [3.63, 3.8) is 0 Å². The highest BCUT2D eigenvalue weighted by molar-refractivity contribution is 7.99. The van der Waals surface area contributed by atoms with Gasteiger partial charge in [-0.1, -0.05) is 12.1 Å². The number of nitriles is 1. The minimum absolute atomic E-state index is 0.0678. The molecular weight excluding hydrogens is 291 g/mol. The average molecular weight is 308 g/mol. The molecule has 0 spiro atoms. The molecule has 1 aliphatic rings. The summed E-state index contributed by atoms with van der Waals surface area (Å²) in [7, 11) is 0. The van der Waals surface area contributed by atoms with Crippen LogP contribution in [-0.4, -0.2) is 30.9 Å². The van der Waals surface area contributed by atoms with E-state index in [9.17, 15) is 9.18 Å². The maximum Gasteiger partial charge on any atom is 0.221 e. The van der Waals surface area contributed by atoms with Gasteiger partial charge >= 0.3 is 0 Å². The molecule has 1 heterocycles. The summed E-state index contributed by atoms with van der Waals surface area (Å²) in [6.07, 6.45) is 1.05. The molecule has 0 aliphatic carbocycles. The monoisotopic (exact) mass is 308 g/mol. The minimum atomic E-state index is -0.501. The molecule has 112 valence electrons. The van der Waals surface area contributed by atoms with E-state index in [2.05, 4.69) is 11.4 Å². The molecule has 0 radical (unpaired) electrons. The van der Waals surface area contributed by atoms with Crippen molar-refractivity contribution in [3.8, 4) is 6.07 Å². The fourth-order valence-electron chi connectivity index (χ4n) is 2.13. The molecule has 1 fully saturated rings. The van der Waals surface area contributed by atoms with E-state index in [-0.39, 0.29) is 24.1 Å². The Kier molecular flexibility index (Phi) is 6.03. The van der Waals surface area contributed by atoms with Gasteiger partial charge in [0.25, 0.3) is 0 Å². The van der Waals surface area contributed by atoms with E-state index in [4.69, 9.17) is 10.00 Å². The topological polar surface area (TPSA) is 62.1 Å². The van der Waals surface area contributed by atoms with Crippen molar-refractivity contribution in [3.05, 3.63) is 30.1 Å². The van der Waals surface area contributed by atoms with Crippen molar-refractivity contribution < 1.29 is 13.9 Å². The fourth-order valence-corrected chi connectivity index (χ4v) is 3.02. The largest absolute Gasteiger partial charge is 0.381 e. The van der Waals surface area contributed by atoms with Gasteiger partial charge in [-0.05, 0) is 18.6 Å². The van der Waals surface area contributed by atoms with E-state index < -0.39 is 6.04 Å². The summed E-state index contributed by atoms with van der Waals surface area (Å²) >= 11 is 1.30. The predicted octanol–water partition coefficient (Wildman–Crippen LogP) is 2.35. The van der Waals surface area contributed by atoms with Crippen LogP contribution >= 0.6 is 11.8 Å². The number of carbonyl (C=O) groups is 1. The summed E-state index contributed by atoms with van der Waals surface area (Å²) in [5.74, 6) is 0.0860. The smallest absolute Gasteiger partial charge is 0.221 e. The van der Waals surface area contributed by atoms with Crippen molar-refractivity contribution in [2.45, 2.75) is 23.8 Å². The second-order valence-corrected chi connectivity index (χ2v) is 5.96. The minimum Gasteiger partial charge on any atom is -0.381 e. The predicted molar refractivity (Wildman–Crippen MR) is 78.2 cm³/mol. The quantitative estimate of drug-likeness (QED) is 0.820. The molecular formula is C15H17FN2O2S. The molecule has 1 aromatic rings. The first-order chi connectivity index (χ1) is 10.2. The van der Waals surface area contributed by atoms with Gasteiger partial charge in [-0.25, -0.2) is 4.39 Å². The van der Waals surface area contributed by atoms with Crippen LogP contribution in [0.25, 0.3) is 0 Å². The first-order valence-electron chi connectivity index (χ1n) is 6.84. The molecule has 0 aromatic heterocycles. The summed E-state index contributed by atoms with van der Waals surface area (Å²) in [6.45, 7) is 1.16. The van der Waals surface area contributed by atoms with Crippen molar-refractivity contribution in [1.82, 2.24) is 5.32 Å². The van der Waals surface area contributed by atoms with Gasteiger partial charge in [0.2, 0.25) is 5.91 Å². The summed E-state index contributed by atoms with van der Waals surface area (Å²) in [6, 6.07) is 8.09. The number of halogens is 1. The molecule has 4 nitrogen and oxygen atoms in total. The number of thioether (sulfide) groups is 1. The van der Waals surface area contributed by atoms with Crippen molar-refractivity contribution in [2.75, 3.05) is 19.0 Å². The van der Waals surface area contributed by atoms with Crippen LogP contribution in [0, 0.1) is 23.1 Å². The summed E-state index contributed by atoms with van der Waals surface area (Å²) in [5.41, 5.74) is 0. The molecule has 1 aromatic carbocycles. The second kappa shape index (κ2) is 8.01. The zero-order valence-corrected chi connectivity index (χ0v) is 12.4. The molecule has 0 bridgehead atoms. The van der Waals surface area contributed by atoms with E-state index in [0.717, 1.165) is 6.42 Å². The Bertz CT molecular complexity index is 527. The van der Waals surface area contributed by atoms with Crippen LogP contribution < -0.4 is 5.32 Å². The van der Waals surface area contributed by atoms with Crippen LogP contribution in [-0.2, 0) is 9.53 Å². The highest BCUT2D eigenvalue weighted by Crippen LogP contribution is 2.22. The lowest BCUT2D eigenvalue weighted by Crippen LogP contribution is -2.39. The van der Waals surface area contributed by atoms with E-state index >= 15 is 0 Å². The first kappa shape index (κ1) is 15.8. The molecule has 0 unspecified atom stereocenters. The molecule has 6 heteroatoms. The lowest BCUT2D eigenvalue weighted by molar-refractivity contribution is -0.121. The Balaban J connectivity index is 1.74. The van der Waals surface area contributed by atoms with Gasteiger partial charge in [0.1, 0.15) is 11.9 Å². The van der Waals surface area contributed by atoms with E-state index in [1.54, 1.807) is 18.2 Å². The zero-order chi connectivity index (χ0) is 15.1. The fraction of sp³-hybridized carbons (Fsp3) is 0.467. The molecule has 1 amide bonds. The second-order valence-electron chi connectivity index (χ2n) is 4.83. The van der Waals surface area contributed by atoms with E-state index in [0.29, 0.717) is 23.9 Å². The number of benzene rings is 1. The van der Waals surface area contributed by atoms with Gasteiger partial charge in [-0.2, -0.15) is 5.26 Å². The summed E-state index contributed by atoms with van der Waals surface area (Å²) < 4.78 is 18.6. The maximum absolute atomic E-state index is 13.4. The number of rotatable bonds is 6. The van der Waals surface area contributed by atoms with Crippen LogP contribution in [0.4, 0.5) is 4.39 Å². The summed E-state index contributed by atoms with van der Waals surface area (Å²) in [4.78, 5) is 12.4. The third kappa shape index (κ3) is 4.73. The molecule has 1 aliphatic heterocycles. The molecule has 1 N–H and O–H groups in total. The van der Waals surface area contributed by atoms with Crippen LogP contribution in [0.15, 0.2) is 29.2 Å². The number of nitrogens with zero attached hydrogens (tertiary/aromatic N) is 1. The van der Waals surface area contributed by atoms with Gasteiger partial charge in [0.15, 0.2) is 0 Å². The Morgan fingerprint density at radius 2 is 2.38 bits per heavy atom. The third-order valence-corrected chi connectivity index (χ3v) is 4.37. The molecule has 1 saturated heterocycles. The highest BCUT2D eigenvalue weighted by Gasteiger charge is 2.26. The number of nitrogens with one attached hydrogen (secondary N) is 1. The lowest BCUT2D eigenvalue weighted by atomic mass is 10.0. The first-order valence-corrected chi connectivity index (χ1v) is 7.83. The van der Waals surface area contributed by atoms with Crippen molar-refractivity contribution >= 4 is 17.7 Å². The number of amides is 1. The van der Waals surface area contributed by atoms with Gasteiger partial charge in [0.05, 0.1) is 12.7 Å². The molecule has 2 rings (SSSR count). The van der Waals surface area contributed by atoms with Crippen molar-refractivity contribution in [2.24, 2.45) is 5.92 Å². The SMILES string of the molecule is N#C[C@H](NC(=O)CCSc1ccccc1F)[C@@H]1CCOC1. The number of hydrogen-bond donors (Lipinski definition) is 1. The molecule has 0 saturated carbocycles. The Labute approximate surface area is 127 Å². The van der Waals surface area contributed by atoms with Gasteiger partial charge in [0, 0.05) is 29.6 Å². The van der Waals surface area contributed by atoms with Gasteiger partial charge in [-0.15, -0.1) is 11.8 Å². The number of carbonyl (C=O) groups excluding carboxylic acids is 1. The van der Waals surface area contributed by atoms with Gasteiger partial charge < -0.3 is 10.1 Å². The normalized spacial score (nSPS) is 19.0. The molecule has 21 heavy (non-hydrogen) atoms. The molecule has 2 atom stereocenters. The van der Waals surface area contributed by atoms with Crippen LogP contribution in [0.5, 0.6) is 0 Å². The zero-order valence-electron chi connectivity index (χ0n) is 11.5. The Morgan fingerprint density at radius 1 is 1.57 bits per heavy atom. The maximum atomic E-state index is 13.4. The van der Waals surface area contributed by atoms with Crippen LogP contribution in [0.2, 0.25) is 0 Å². The Morgan fingerprint density at radius 3 is 3.05 bits per heavy atom. The number of hydrogen-bond acceptors (Lipinski definition) is 4. The average Bonchev–Trinajstić information content (AvgIpc) is 3.01.